The number of benzene rings is 2. The first-order chi connectivity index (χ1) is 12.8. The molecule has 1 aliphatic heterocycles. The van der Waals surface area contributed by atoms with Crippen molar-refractivity contribution in [2.75, 3.05) is 11.9 Å². The molecule has 0 fully saturated rings. The van der Waals surface area contributed by atoms with Crippen molar-refractivity contribution in [1.29, 1.82) is 0 Å². The number of carbonyl (C=O) groups excluding carboxylic acids is 1. The SMILES string of the molecule is Cc1c(C)c2c(c(C)c1O)C=C(C(=O)Nc1ccccc1CC(=O)O)CO2. The number of amides is 1. The average molecular weight is 367 g/mol. The van der Waals surface area contributed by atoms with Gasteiger partial charge in [-0.1, -0.05) is 18.2 Å². The second-order valence-electron chi connectivity index (χ2n) is 6.61. The number of para-hydroxylation sites is 1. The lowest BCUT2D eigenvalue weighted by atomic mass is 9.94. The molecule has 0 saturated carbocycles. The molecule has 1 heterocycles. The van der Waals surface area contributed by atoms with Crippen LogP contribution < -0.4 is 10.1 Å². The molecule has 2 aromatic carbocycles. The van der Waals surface area contributed by atoms with Crippen LogP contribution in [0.5, 0.6) is 11.5 Å². The summed E-state index contributed by atoms with van der Waals surface area (Å²) in [7, 11) is 0. The first kappa shape index (κ1) is 18.5. The Labute approximate surface area is 157 Å². The monoisotopic (exact) mass is 367 g/mol. The van der Waals surface area contributed by atoms with Crippen LogP contribution in [-0.4, -0.2) is 28.7 Å². The number of aromatic hydroxyl groups is 1. The van der Waals surface area contributed by atoms with Crippen LogP contribution >= 0.6 is 0 Å². The molecule has 0 aliphatic carbocycles. The summed E-state index contributed by atoms with van der Waals surface area (Å²) >= 11 is 0. The van der Waals surface area contributed by atoms with Crippen LogP contribution in [0.2, 0.25) is 0 Å². The highest BCUT2D eigenvalue weighted by atomic mass is 16.5. The third-order valence-corrected chi connectivity index (χ3v) is 4.85. The molecule has 2 aromatic rings. The highest BCUT2D eigenvalue weighted by Gasteiger charge is 2.24. The predicted octanol–water partition coefficient (Wildman–Crippen LogP) is 3.36. The summed E-state index contributed by atoms with van der Waals surface area (Å²) < 4.78 is 5.80. The van der Waals surface area contributed by atoms with Gasteiger partial charge in [0.25, 0.3) is 5.91 Å². The van der Waals surface area contributed by atoms with Crippen LogP contribution in [0.3, 0.4) is 0 Å². The van der Waals surface area contributed by atoms with Gasteiger partial charge in [0.2, 0.25) is 0 Å². The Kier molecular flexibility index (Phi) is 4.90. The molecule has 3 rings (SSSR count). The topological polar surface area (TPSA) is 95.9 Å². The summed E-state index contributed by atoms with van der Waals surface area (Å²) in [6.45, 7) is 5.58. The highest BCUT2D eigenvalue weighted by Crippen LogP contribution is 2.40. The number of phenolic OH excluding ortho intramolecular Hbond substituents is 1. The minimum Gasteiger partial charge on any atom is -0.507 e. The van der Waals surface area contributed by atoms with E-state index in [1.165, 1.54) is 0 Å². The normalized spacial score (nSPS) is 12.6. The fourth-order valence-corrected chi connectivity index (χ4v) is 3.15. The lowest BCUT2D eigenvalue weighted by molar-refractivity contribution is -0.136. The zero-order valence-corrected chi connectivity index (χ0v) is 15.4. The largest absolute Gasteiger partial charge is 0.507 e. The Balaban J connectivity index is 1.92. The molecule has 27 heavy (non-hydrogen) atoms. The number of ether oxygens (including phenoxy) is 1. The molecule has 0 aromatic heterocycles. The van der Waals surface area contributed by atoms with E-state index in [9.17, 15) is 14.7 Å². The van der Waals surface area contributed by atoms with Gasteiger partial charge in [0.1, 0.15) is 18.1 Å². The fraction of sp³-hybridized carbons (Fsp3) is 0.238. The van der Waals surface area contributed by atoms with Gasteiger partial charge < -0.3 is 20.3 Å². The quantitative estimate of drug-likeness (QED) is 0.770. The first-order valence-electron chi connectivity index (χ1n) is 8.56. The second-order valence-corrected chi connectivity index (χ2v) is 6.61. The molecule has 6 nitrogen and oxygen atoms in total. The van der Waals surface area contributed by atoms with Gasteiger partial charge in [0, 0.05) is 16.8 Å². The van der Waals surface area contributed by atoms with Gasteiger partial charge in [0.15, 0.2) is 0 Å². The number of carboxylic acid groups (broad SMARTS) is 1. The number of carboxylic acids is 1. The average Bonchev–Trinajstić information content (AvgIpc) is 2.65. The van der Waals surface area contributed by atoms with Crippen molar-refractivity contribution in [3.05, 3.63) is 57.7 Å². The number of fused-ring (bicyclic) bond motifs is 1. The Bertz CT molecular complexity index is 975. The zero-order valence-electron chi connectivity index (χ0n) is 15.4. The van der Waals surface area contributed by atoms with Gasteiger partial charge in [-0.3, -0.25) is 9.59 Å². The predicted molar refractivity (Wildman–Crippen MR) is 102 cm³/mol. The summed E-state index contributed by atoms with van der Waals surface area (Å²) in [5.74, 6) is -0.469. The number of phenols is 1. The molecular weight excluding hydrogens is 346 g/mol. The summed E-state index contributed by atoms with van der Waals surface area (Å²) in [5.41, 5.74) is 4.33. The Morgan fingerprint density at radius 1 is 1.11 bits per heavy atom. The van der Waals surface area contributed by atoms with Crippen molar-refractivity contribution in [2.45, 2.75) is 27.2 Å². The molecule has 1 aliphatic rings. The van der Waals surface area contributed by atoms with E-state index in [2.05, 4.69) is 5.32 Å². The number of aliphatic carboxylic acids is 1. The summed E-state index contributed by atoms with van der Waals surface area (Å²) in [6.07, 6.45) is 1.54. The molecule has 0 saturated heterocycles. The Morgan fingerprint density at radius 2 is 1.81 bits per heavy atom. The van der Waals surface area contributed by atoms with E-state index in [0.717, 1.165) is 11.1 Å². The third kappa shape index (κ3) is 3.51. The zero-order chi connectivity index (χ0) is 19.7. The van der Waals surface area contributed by atoms with Crippen LogP contribution in [0, 0.1) is 20.8 Å². The molecule has 140 valence electrons. The summed E-state index contributed by atoms with van der Waals surface area (Å²) in [6, 6.07) is 6.79. The lowest BCUT2D eigenvalue weighted by Gasteiger charge is -2.23. The molecule has 1 amide bonds. The van der Waals surface area contributed by atoms with Gasteiger partial charge in [-0.2, -0.15) is 0 Å². The number of carbonyl (C=O) groups is 2. The second kappa shape index (κ2) is 7.15. The smallest absolute Gasteiger partial charge is 0.307 e. The standard InChI is InChI=1S/C21H21NO5/c1-11-12(2)20-16(13(3)19(11)25)8-15(10-27-20)21(26)22-17-7-5-4-6-14(17)9-18(23)24/h4-8,25H,9-10H2,1-3H3,(H,22,26)(H,23,24). The molecule has 0 bridgehead atoms. The number of rotatable bonds is 4. The number of hydrogen-bond acceptors (Lipinski definition) is 4. The molecule has 0 spiro atoms. The van der Waals surface area contributed by atoms with E-state index < -0.39 is 5.97 Å². The van der Waals surface area contributed by atoms with E-state index in [1.807, 2.05) is 13.8 Å². The maximum absolute atomic E-state index is 12.7. The lowest BCUT2D eigenvalue weighted by Crippen LogP contribution is -2.23. The van der Waals surface area contributed by atoms with E-state index in [0.29, 0.717) is 33.7 Å². The highest BCUT2D eigenvalue weighted by molar-refractivity contribution is 6.08. The van der Waals surface area contributed by atoms with Gasteiger partial charge >= 0.3 is 5.97 Å². The minimum atomic E-state index is -0.970. The fourth-order valence-electron chi connectivity index (χ4n) is 3.15. The van der Waals surface area contributed by atoms with Crippen molar-refractivity contribution in [3.8, 4) is 11.5 Å². The number of anilines is 1. The van der Waals surface area contributed by atoms with Crippen LogP contribution in [-0.2, 0) is 16.0 Å². The summed E-state index contributed by atoms with van der Waals surface area (Å²) in [4.78, 5) is 23.7. The molecular formula is C21H21NO5. The Morgan fingerprint density at radius 3 is 2.52 bits per heavy atom. The van der Waals surface area contributed by atoms with Crippen LogP contribution in [0.1, 0.15) is 27.8 Å². The summed E-state index contributed by atoms with van der Waals surface area (Å²) in [5, 5.41) is 22.1. The number of nitrogens with one attached hydrogen (secondary N) is 1. The van der Waals surface area contributed by atoms with Crippen LogP contribution in [0.25, 0.3) is 6.08 Å². The first-order valence-corrected chi connectivity index (χ1v) is 8.56. The Hall–Kier alpha value is -3.28. The van der Waals surface area contributed by atoms with E-state index >= 15 is 0 Å². The maximum Gasteiger partial charge on any atom is 0.307 e. The van der Waals surface area contributed by atoms with Crippen LogP contribution in [0.15, 0.2) is 29.8 Å². The van der Waals surface area contributed by atoms with Crippen LogP contribution in [0.4, 0.5) is 5.69 Å². The number of hydrogen-bond donors (Lipinski definition) is 3. The van der Waals surface area contributed by atoms with E-state index in [4.69, 9.17) is 9.84 Å². The van der Waals surface area contributed by atoms with Crippen molar-refractivity contribution >= 4 is 23.6 Å². The van der Waals surface area contributed by atoms with Gasteiger partial charge in [-0.25, -0.2) is 0 Å². The molecule has 0 radical (unpaired) electrons. The van der Waals surface area contributed by atoms with Crippen molar-refractivity contribution in [3.63, 3.8) is 0 Å². The third-order valence-electron chi connectivity index (χ3n) is 4.85. The maximum atomic E-state index is 12.7. The van der Waals surface area contributed by atoms with Crippen molar-refractivity contribution < 1.29 is 24.5 Å². The van der Waals surface area contributed by atoms with Gasteiger partial charge in [-0.05, 0) is 49.6 Å². The molecule has 3 N–H and O–H groups in total. The van der Waals surface area contributed by atoms with Gasteiger partial charge in [0.05, 0.1) is 12.0 Å². The minimum absolute atomic E-state index is 0.102. The van der Waals surface area contributed by atoms with E-state index in [-0.39, 0.29) is 24.7 Å². The van der Waals surface area contributed by atoms with E-state index in [1.54, 1.807) is 37.3 Å². The molecule has 6 heteroatoms. The van der Waals surface area contributed by atoms with Crippen molar-refractivity contribution in [2.24, 2.45) is 0 Å². The molecule has 0 atom stereocenters. The van der Waals surface area contributed by atoms with Crippen molar-refractivity contribution in [1.82, 2.24) is 0 Å². The molecule has 0 unspecified atom stereocenters. The van der Waals surface area contributed by atoms with Gasteiger partial charge in [-0.15, -0.1) is 0 Å².